The molecule has 6 nitrogen and oxygen atoms in total. The number of pyridine rings is 1. The first kappa shape index (κ1) is 18.7. The first-order valence-electron chi connectivity index (χ1n) is 8.92. The van der Waals surface area contributed by atoms with Gasteiger partial charge in [0.05, 0.1) is 17.6 Å². The summed E-state index contributed by atoms with van der Waals surface area (Å²) in [5.41, 5.74) is 1.13. The summed E-state index contributed by atoms with van der Waals surface area (Å²) in [6.07, 6.45) is 5.58. The molecule has 1 saturated heterocycles. The first-order chi connectivity index (χ1) is 12.6. The highest BCUT2D eigenvalue weighted by Crippen LogP contribution is 2.22. The number of para-hydroxylation sites is 1. The maximum Gasteiger partial charge on any atom is 0.214 e. The van der Waals surface area contributed by atoms with E-state index < -0.39 is 10.0 Å². The van der Waals surface area contributed by atoms with Crippen LogP contribution in [0, 0.1) is 5.92 Å². The van der Waals surface area contributed by atoms with Gasteiger partial charge in [0.2, 0.25) is 10.0 Å². The highest BCUT2D eigenvalue weighted by atomic mass is 32.2. The summed E-state index contributed by atoms with van der Waals surface area (Å²) in [4.78, 5) is 6.45. The van der Waals surface area contributed by atoms with Gasteiger partial charge in [0.1, 0.15) is 12.4 Å². The fourth-order valence-corrected chi connectivity index (χ4v) is 3.98. The van der Waals surface area contributed by atoms with Gasteiger partial charge in [-0.3, -0.25) is 4.98 Å². The number of nitrogens with one attached hydrogen (secondary N) is 1. The van der Waals surface area contributed by atoms with Crippen LogP contribution in [0.25, 0.3) is 0 Å². The Morgan fingerprint density at radius 3 is 2.58 bits per heavy atom. The molecule has 26 heavy (non-hydrogen) atoms. The van der Waals surface area contributed by atoms with Crippen molar-refractivity contribution in [1.29, 1.82) is 0 Å². The second-order valence-corrected chi connectivity index (χ2v) is 8.40. The number of sulfonamides is 1. The molecule has 0 aliphatic carbocycles. The van der Waals surface area contributed by atoms with E-state index in [4.69, 9.17) is 4.74 Å². The summed E-state index contributed by atoms with van der Waals surface area (Å²) in [7, 11) is -3.32. The number of hydrogen-bond donors (Lipinski definition) is 1. The zero-order chi connectivity index (χ0) is 18.2. The van der Waals surface area contributed by atoms with Crippen molar-refractivity contribution in [3.05, 3.63) is 54.9 Å². The summed E-state index contributed by atoms with van der Waals surface area (Å²) in [6, 6.07) is 13.2. The fourth-order valence-electron chi connectivity index (χ4n) is 3.04. The van der Waals surface area contributed by atoms with Crippen molar-refractivity contribution in [1.82, 2.24) is 9.71 Å². The summed E-state index contributed by atoms with van der Waals surface area (Å²) >= 11 is 0. The van der Waals surface area contributed by atoms with Gasteiger partial charge in [0.25, 0.3) is 0 Å². The molecule has 1 N–H and O–H groups in total. The van der Waals surface area contributed by atoms with Crippen LogP contribution in [0.5, 0.6) is 5.75 Å². The van der Waals surface area contributed by atoms with Crippen LogP contribution in [0.15, 0.2) is 54.9 Å². The van der Waals surface area contributed by atoms with E-state index in [0.29, 0.717) is 18.2 Å². The molecular weight excluding hydrogens is 350 g/mol. The van der Waals surface area contributed by atoms with E-state index in [1.807, 2.05) is 42.6 Å². The first-order valence-corrected chi connectivity index (χ1v) is 10.6. The van der Waals surface area contributed by atoms with E-state index in [-0.39, 0.29) is 12.4 Å². The lowest BCUT2D eigenvalue weighted by Gasteiger charge is -2.33. The molecule has 140 valence electrons. The maximum atomic E-state index is 12.1. The third-order valence-corrected chi connectivity index (χ3v) is 5.89. The fraction of sp³-hybridized carbons (Fsp3) is 0.421. The van der Waals surface area contributed by atoms with Gasteiger partial charge in [-0.2, -0.15) is 0 Å². The zero-order valence-electron chi connectivity index (χ0n) is 14.8. The Labute approximate surface area is 155 Å². The zero-order valence-corrected chi connectivity index (χ0v) is 15.6. The van der Waals surface area contributed by atoms with Crippen LogP contribution in [-0.4, -0.2) is 45.4 Å². The van der Waals surface area contributed by atoms with E-state index in [0.717, 1.165) is 31.6 Å². The van der Waals surface area contributed by atoms with Crippen molar-refractivity contribution in [3.8, 4) is 5.75 Å². The molecule has 2 heterocycles. The Hall–Kier alpha value is -2.12. The Bertz CT molecular complexity index is 761. The van der Waals surface area contributed by atoms with E-state index in [9.17, 15) is 8.42 Å². The number of piperidine rings is 1. The molecule has 0 amide bonds. The van der Waals surface area contributed by atoms with Crippen LogP contribution >= 0.6 is 0 Å². The Morgan fingerprint density at radius 1 is 1.12 bits per heavy atom. The predicted octanol–water partition coefficient (Wildman–Crippen LogP) is 2.30. The molecule has 1 aliphatic heterocycles. The lowest BCUT2D eigenvalue weighted by atomic mass is 9.97. The van der Waals surface area contributed by atoms with Gasteiger partial charge >= 0.3 is 0 Å². The number of anilines is 1. The van der Waals surface area contributed by atoms with Crippen molar-refractivity contribution in [2.24, 2.45) is 5.92 Å². The average molecular weight is 375 g/mol. The third kappa shape index (κ3) is 5.71. The Kier molecular flexibility index (Phi) is 6.46. The number of hydrogen-bond acceptors (Lipinski definition) is 5. The minimum atomic E-state index is -3.32. The lowest BCUT2D eigenvalue weighted by molar-refractivity contribution is 0.339. The Morgan fingerprint density at radius 2 is 1.88 bits per heavy atom. The molecule has 2 aromatic rings. The van der Waals surface area contributed by atoms with Crippen LogP contribution in [0.1, 0.15) is 12.8 Å². The van der Waals surface area contributed by atoms with E-state index in [2.05, 4.69) is 20.7 Å². The largest absolute Gasteiger partial charge is 0.492 e. The summed E-state index contributed by atoms with van der Waals surface area (Å²) in [5.74, 6) is 1.02. The average Bonchev–Trinajstić information content (AvgIpc) is 2.68. The minimum absolute atomic E-state index is 0.0313. The molecule has 7 heteroatoms. The minimum Gasteiger partial charge on any atom is -0.492 e. The number of benzene rings is 1. The highest BCUT2D eigenvalue weighted by molar-refractivity contribution is 7.89. The maximum absolute atomic E-state index is 12.1. The monoisotopic (exact) mass is 375 g/mol. The van der Waals surface area contributed by atoms with Gasteiger partial charge in [-0.1, -0.05) is 18.2 Å². The van der Waals surface area contributed by atoms with Crippen molar-refractivity contribution in [2.45, 2.75) is 12.8 Å². The van der Waals surface area contributed by atoms with Crippen LogP contribution in [0.4, 0.5) is 5.69 Å². The van der Waals surface area contributed by atoms with Gasteiger partial charge in [-0.05, 0) is 43.0 Å². The number of ether oxygens (including phenoxy) is 1. The van der Waals surface area contributed by atoms with Crippen LogP contribution in [0.3, 0.4) is 0 Å². The van der Waals surface area contributed by atoms with Gasteiger partial charge in [0.15, 0.2) is 0 Å². The quantitative estimate of drug-likeness (QED) is 0.767. The standard InChI is InChI=1S/C19H25N3O3S/c23-26(24,14-13-25-19-6-2-1-3-7-19)21-15-17-8-11-22(12-9-17)18-5-4-10-20-16-18/h1-7,10,16-17,21H,8-9,11-15H2. The molecule has 1 aromatic heterocycles. The topological polar surface area (TPSA) is 71.5 Å². The normalized spacial score (nSPS) is 15.8. The van der Waals surface area contributed by atoms with Crippen LogP contribution in [0.2, 0.25) is 0 Å². The molecule has 0 bridgehead atoms. The lowest BCUT2D eigenvalue weighted by Crippen LogP contribution is -2.39. The number of nitrogens with zero attached hydrogens (tertiary/aromatic N) is 2. The van der Waals surface area contributed by atoms with E-state index in [1.165, 1.54) is 0 Å². The molecule has 0 radical (unpaired) electrons. The highest BCUT2D eigenvalue weighted by Gasteiger charge is 2.21. The molecular formula is C19H25N3O3S. The smallest absolute Gasteiger partial charge is 0.214 e. The summed E-state index contributed by atoms with van der Waals surface area (Å²) in [6.45, 7) is 2.50. The summed E-state index contributed by atoms with van der Waals surface area (Å²) < 4.78 is 32.5. The van der Waals surface area contributed by atoms with Crippen LogP contribution in [-0.2, 0) is 10.0 Å². The molecule has 1 aromatic carbocycles. The van der Waals surface area contributed by atoms with Gasteiger partial charge in [-0.25, -0.2) is 13.1 Å². The van der Waals surface area contributed by atoms with Crippen molar-refractivity contribution < 1.29 is 13.2 Å². The molecule has 3 rings (SSSR count). The molecule has 1 aliphatic rings. The molecule has 0 atom stereocenters. The number of aromatic nitrogens is 1. The second-order valence-electron chi connectivity index (χ2n) is 6.47. The van der Waals surface area contributed by atoms with Gasteiger partial charge < -0.3 is 9.64 Å². The molecule has 1 fully saturated rings. The van der Waals surface area contributed by atoms with Crippen molar-refractivity contribution in [3.63, 3.8) is 0 Å². The van der Waals surface area contributed by atoms with Crippen LogP contribution < -0.4 is 14.4 Å². The molecule has 0 unspecified atom stereocenters. The van der Waals surface area contributed by atoms with Crippen molar-refractivity contribution in [2.75, 3.05) is 36.9 Å². The Balaban J connectivity index is 1.37. The molecule has 0 spiro atoms. The van der Waals surface area contributed by atoms with E-state index >= 15 is 0 Å². The second kappa shape index (κ2) is 9.00. The van der Waals surface area contributed by atoms with Crippen molar-refractivity contribution >= 4 is 15.7 Å². The molecule has 0 saturated carbocycles. The predicted molar refractivity (Wildman–Crippen MR) is 103 cm³/mol. The number of rotatable bonds is 8. The summed E-state index contributed by atoms with van der Waals surface area (Å²) in [5, 5.41) is 0. The van der Waals surface area contributed by atoms with Gasteiger partial charge in [-0.15, -0.1) is 0 Å². The SMILES string of the molecule is O=S(=O)(CCOc1ccccc1)NCC1CCN(c2cccnc2)CC1. The van der Waals surface area contributed by atoms with Gasteiger partial charge in [0, 0.05) is 25.8 Å². The van der Waals surface area contributed by atoms with E-state index in [1.54, 1.807) is 6.20 Å². The third-order valence-electron chi connectivity index (χ3n) is 4.58.